The van der Waals surface area contributed by atoms with E-state index < -0.39 is 5.91 Å². The van der Waals surface area contributed by atoms with Gasteiger partial charge in [0.05, 0.1) is 20.9 Å². The minimum Gasteiger partial charge on any atom is -0.493 e. The van der Waals surface area contributed by atoms with Gasteiger partial charge in [0.2, 0.25) is 0 Å². The number of nitriles is 1. The molecule has 0 aromatic heterocycles. The van der Waals surface area contributed by atoms with Crippen LogP contribution < -0.4 is 10.1 Å². The van der Waals surface area contributed by atoms with Crippen LogP contribution in [-0.2, 0) is 4.79 Å². The third-order valence-corrected chi connectivity index (χ3v) is 4.55. The average molecular weight is 487 g/mol. The molecule has 2 aromatic rings. The van der Waals surface area contributed by atoms with E-state index in [1.807, 2.05) is 25.1 Å². The van der Waals surface area contributed by atoms with Gasteiger partial charge in [0.15, 0.2) is 0 Å². The summed E-state index contributed by atoms with van der Waals surface area (Å²) in [6.45, 7) is 2.42. The van der Waals surface area contributed by atoms with Crippen LogP contribution in [0.2, 0.25) is 10.0 Å². The van der Waals surface area contributed by atoms with Crippen molar-refractivity contribution in [3.8, 4) is 11.8 Å². The molecular formula is C18H13Cl2IN2O2. The number of nitrogens with zero attached hydrogens (tertiary/aromatic N) is 1. The fourth-order valence-electron chi connectivity index (χ4n) is 1.97. The average Bonchev–Trinajstić information content (AvgIpc) is 2.58. The van der Waals surface area contributed by atoms with Gasteiger partial charge < -0.3 is 10.1 Å². The quantitative estimate of drug-likeness (QED) is 0.342. The van der Waals surface area contributed by atoms with Crippen molar-refractivity contribution in [2.75, 3.05) is 11.9 Å². The molecule has 1 N–H and O–H groups in total. The van der Waals surface area contributed by atoms with Crippen LogP contribution in [0.25, 0.3) is 6.08 Å². The molecule has 2 aromatic carbocycles. The Kier molecular flexibility index (Phi) is 7.12. The van der Waals surface area contributed by atoms with Gasteiger partial charge in [0.25, 0.3) is 5.91 Å². The third kappa shape index (κ3) is 5.36. The number of ether oxygens (including phenoxy) is 1. The fourth-order valence-corrected chi connectivity index (χ4v) is 2.92. The highest BCUT2D eigenvalue weighted by Crippen LogP contribution is 2.26. The minimum atomic E-state index is -0.553. The van der Waals surface area contributed by atoms with Crippen molar-refractivity contribution in [2.45, 2.75) is 6.92 Å². The van der Waals surface area contributed by atoms with Crippen molar-refractivity contribution in [1.82, 2.24) is 0 Å². The fraction of sp³-hybridized carbons (Fsp3) is 0.111. The molecule has 0 bridgehead atoms. The number of hydrogen-bond donors (Lipinski definition) is 1. The summed E-state index contributed by atoms with van der Waals surface area (Å²) in [6, 6.07) is 12.1. The summed E-state index contributed by atoms with van der Waals surface area (Å²) in [6.07, 6.45) is 1.50. The van der Waals surface area contributed by atoms with E-state index in [1.54, 1.807) is 18.2 Å². The first-order valence-electron chi connectivity index (χ1n) is 7.25. The van der Waals surface area contributed by atoms with Crippen LogP contribution in [0.15, 0.2) is 42.0 Å². The van der Waals surface area contributed by atoms with Crippen molar-refractivity contribution in [3.05, 3.63) is 61.2 Å². The maximum atomic E-state index is 12.3. The minimum absolute atomic E-state index is 0.0466. The Hall–Kier alpha value is -1.75. The second-order valence-electron chi connectivity index (χ2n) is 4.87. The topological polar surface area (TPSA) is 62.1 Å². The zero-order valence-corrected chi connectivity index (χ0v) is 16.8. The van der Waals surface area contributed by atoms with E-state index in [1.165, 1.54) is 12.1 Å². The van der Waals surface area contributed by atoms with Crippen LogP contribution in [0.3, 0.4) is 0 Å². The molecule has 7 heteroatoms. The summed E-state index contributed by atoms with van der Waals surface area (Å²) in [5, 5.41) is 12.7. The van der Waals surface area contributed by atoms with E-state index in [9.17, 15) is 10.1 Å². The molecule has 0 fully saturated rings. The largest absolute Gasteiger partial charge is 0.493 e. The molecule has 0 spiro atoms. The van der Waals surface area contributed by atoms with E-state index in [0.29, 0.717) is 33.7 Å². The molecule has 0 radical (unpaired) electrons. The van der Waals surface area contributed by atoms with E-state index >= 15 is 0 Å². The van der Waals surface area contributed by atoms with E-state index in [0.717, 1.165) is 3.57 Å². The van der Waals surface area contributed by atoms with Crippen molar-refractivity contribution in [2.24, 2.45) is 0 Å². The van der Waals surface area contributed by atoms with Crippen LogP contribution in [0.1, 0.15) is 12.5 Å². The molecule has 0 aliphatic heterocycles. The Morgan fingerprint density at radius 2 is 2.08 bits per heavy atom. The molecule has 0 heterocycles. The van der Waals surface area contributed by atoms with Crippen molar-refractivity contribution >= 4 is 63.5 Å². The third-order valence-electron chi connectivity index (χ3n) is 3.11. The van der Waals surface area contributed by atoms with Gasteiger partial charge in [-0.2, -0.15) is 5.26 Å². The molecule has 0 saturated carbocycles. The zero-order valence-electron chi connectivity index (χ0n) is 13.1. The molecular weight excluding hydrogens is 474 g/mol. The van der Waals surface area contributed by atoms with E-state index in [-0.39, 0.29) is 5.57 Å². The van der Waals surface area contributed by atoms with E-state index in [2.05, 4.69) is 27.9 Å². The Labute approximate surface area is 169 Å². The summed E-state index contributed by atoms with van der Waals surface area (Å²) in [4.78, 5) is 12.3. The Morgan fingerprint density at radius 3 is 2.72 bits per heavy atom. The van der Waals surface area contributed by atoms with Crippen molar-refractivity contribution in [3.63, 3.8) is 0 Å². The molecule has 4 nitrogen and oxygen atoms in total. The highest BCUT2D eigenvalue weighted by molar-refractivity contribution is 14.1. The lowest BCUT2D eigenvalue weighted by molar-refractivity contribution is -0.112. The number of rotatable bonds is 5. The van der Waals surface area contributed by atoms with Gasteiger partial charge in [-0.1, -0.05) is 29.3 Å². The SMILES string of the molecule is CCOc1cc(/C=C(\C#N)C(=O)Nc2ccc(Cl)cc2Cl)ccc1I. The van der Waals surface area contributed by atoms with Crippen molar-refractivity contribution < 1.29 is 9.53 Å². The van der Waals surface area contributed by atoms with Crippen LogP contribution in [-0.4, -0.2) is 12.5 Å². The van der Waals surface area contributed by atoms with E-state index in [4.69, 9.17) is 27.9 Å². The first kappa shape index (κ1) is 19.6. The predicted octanol–water partition coefficient (Wildman–Crippen LogP) is 5.54. The number of nitrogens with one attached hydrogen (secondary N) is 1. The lowest BCUT2D eigenvalue weighted by Crippen LogP contribution is -2.13. The van der Waals surface area contributed by atoms with Gasteiger partial charge in [-0.3, -0.25) is 4.79 Å². The van der Waals surface area contributed by atoms with Crippen molar-refractivity contribution in [1.29, 1.82) is 5.26 Å². The number of halogens is 3. The summed E-state index contributed by atoms with van der Waals surface area (Å²) < 4.78 is 6.48. The molecule has 0 aliphatic rings. The number of benzene rings is 2. The zero-order chi connectivity index (χ0) is 18.4. The lowest BCUT2D eigenvalue weighted by atomic mass is 10.1. The Bertz CT molecular complexity index is 876. The summed E-state index contributed by atoms with van der Waals surface area (Å²) in [5.41, 5.74) is 1.03. The predicted molar refractivity (Wildman–Crippen MR) is 109 cm³/mol. The second-order valence-corrected chi connectivity index (χ2v) is 6.88. The van der Waals surface area contributed by atoms with Gasteiger partial charge in [-0.05, 0) is 71.5 Å². The molecule has 25 heavy (non-hydrogen) atoms. The first-order chi connectivity index (χ1) is 11.9. The maximum absolute atomic E-state index is 12.3. The molecule has 1 amide bonds. The number of carbonyl (C=O) groups is 1. The van der Waals surface area contributed by atoms with Crippen LogP contribution in [0, 0.1) is 14.9 Å². The summed E-state index contributed by atoms with van der Waals surface area (Å²) in [7, 11) is 0. The number of hydrogen-bond acceptors (Lipinski definition) is 3. The molecule has 0 aliphatic carbocycles. The molecule has 128 valence electrons. The number of anilines is 1. The smallest absolute Gasteiger partial charge is 0.266 e. The van der Waals surface area contributed by atoms with Gasteiger partial charge in [0.1, 0.15) is 17.4 Å². The molecule has 0 unspecified atom stereocenters. The highest BCUT2D eigenvalue weighted by Gasteiger charge is 2.12. The Balaban J connectivity index is 2.26. The maximum Gasteiger partial charge on any atom is 0.266 e. The van der Waals surface area contributed by atoms with Gasteiger partial charge >= 0.3 is 0 Å². The highest BCUT2D eigenvalue weighted by atomic mass is 127. The number of amides is 1. The number of carbonyl (C=O) groups excluding carboxylic acids is 1. The normalized spacial score (nSPS) is 10.9. The molecule has 0 atom stereocenters. The van der Waals surface area contributed by atoms with Crippen LogP contribution in [0.4, 0.5) is 5.69 Å². The van der Waals surface area contributed by atoms with Crippen LogP contribution in [0.5, 0.6) is 5.75 Å². The van der Waals surface area contributed by atoms with Crippen LogP contribution >= 0.6 is 45.8 Å². The van der Waals surface area contributed by atoms with Gasteiger partial charge in [0, 0.05) is 5.02 Å². The standard InChI is InChI=1S/C18H13Cl2IN2O2/c1-2-25-17-8-11(3-5-15(17)21)7-12(10-22)18(24)23-16-6-4-13(19)9-14(16)20/h3-9H,2H2,1H3,(H,23,24)/b12-7+. The summed E-state index contributed by atoms with van der Waals surface area (Å²) >= 11 is 14.0. The molecule has 2 rings (SSSR count). The lowest BCUT2D eigenvalue weighted by Gasteiger charge is -2.08. The Morgan fingerprint density at radius 1 is 1.32 bits per heavy atom. The monoisotopic (exact) mass is 486 g/mol. The molecule has 0 saturated heterocycles. The van der Waals surface area contributed by atoms with Gasteiger partial charge in [-0.25, -0.2) is 0 Å². The second kappa shape index (κ2) is 9.09. The van der Waals surface area contributed by atoms with Gasteiger partial charge in [-0.15, -0.1) is 0 Å². The summed E-state index contributed by atoms with van der Waals surface area (Å²) in [5.74, 6) is 0.151. The first-order valence-corrected chi connectivity index (χ1v) is 9.08.